The number of hydrogen-bond donors (Lipinski definition) is 2. The predicted octanol–water partition coefficient (Wildman–Crippen LogP) is 4.73. The molecule has 0 unspecified atom stereocenters. The van der Waals surface area contributed by atoms with Crippen LogP contribution in [0.15, 0.2) is 76.1 Å². The number of carbonyl (C=O) groups excluding carboxylic acids is 1. The molecule has 0 atom stereocenters. The monoisotopic (exact) mass is 506 g/mol. The normalized spacial score (nSPS) is 11.2. The maximum absolute atomic E-state index is 12.7. The van der Waals surface area contributed by atoms with Gasteiger partial charge in [-0.25, -0.2) is 8.42 Å². The van der Waals surface area contributed by atoms with E-state index in [4.69, 9.17) is 9.26 Å². The lowest BCUT2D eigenvalue weighted by Crippen LogP contribution is -2.15. The van der Waals surface area contributed by atoms with E-state index in [0.717, 1.165) is 11.1 Å². The largest absolute Gasteiger partial charge is 0.496 e. The van der Waals surface area contributed by atoms with Gasteiger partial charge in [0, 0.05) is 18.5 Å². The zero-order valence-corrected chi connectivity index (χ0v) is 20.9. The molecule has 10 heteroatoms. The van der Waals surface area contributed by atoms with Crippen molar-refractivity contribution in [1.29, 1.82) is 0 Å². The fourth-order valence-electron chi connectivity index (χ4n) is 3.59. The van der Waals surface area contributed by atoms with E-state index < -0.39 is 10.0 Å². The SMILES string of the molecule is COc1ccccc1-c1noc(CCC(=O)Nc2ccc(S(=O)(=O)Nc3ccc(C)cc3C)cc2)n1. The number of benzene rings is 3. The molecule has 0 spiro atoms. The summed E-state index contributed by atoms with van der Waals surface area (Å²) in [6, 6.07) is 18.8. The van der Waals surface area contributed by atoms with Gasteiger partial charge in [0.15, 0.2) is 0 Å². The number of methoxy groups -OCH3 is 1. The second kappa shape index (κ2) is 10.6. The first-order valence-electron chi connectivity index (χ1n) is 11.2. The molecule has 1 amide bonds. The van der Waals surface area contributed by atoms with Crippen molar-refractivity contribution < 1.29 is 22.5 Å². The molecule has 0 aliphatic heterocycles. The van der Waals surface area contributed by atoms with Crippen LogP contribution in [-0.2, 0) is 21.2 Å². The highest BCUT2D eigenvalue weighted by molar-refractivity contribution is 7.92. The predicted molar refractivity (Wildman–Crippen MR) is 136 cm³/mol. The molecule has 0 aliphatic carbocycles. The van der Waals surface area contributed by atoms with Crippen molar-refractivity contribution >= 4 is 27.3 Å². The fourth-order valence-corrected chi connectivity index (χ4v) is 4.72. The van der Waals surface area contributed by atoms with E-state index in [-0.39, 0.29) is 23.6 Å². The summed E-state index contributed by atoms with van der Waals surface area (Å²) in [7, 11) is -2.20. The second-order valence-corrected chi connectivity index (χ2v) is 9.89. The molecule has 36 heavy (non-hydrogen) atoms. The molecule has 2 N–H and O–H groups in total. The molecule has 0 bridgehead atoms. The number of carbonyl (C=O) groups is 1. The Balaban J connectivity index is 1.34. The lowest BCUT2D eigenvalue weighted by molar-refractivity contribution is -0.116. The van der Waals surface area contributed by atoms with E-state index in [2.05, 4.69) is 20.2 Å². The van der Waals surface area contributed by atoms with Crippen molar-refractivity contribution in [3.8, 4) is 17.1 Å². The third-order valence-electron chi connectivity index (χ3n) is 5.46. The highest BCUT2D eigenvalue weighted by atomic mass is 32.2. The quantitative estimate of drug-likeness (QED) is 0.336. The maximum Gasteiger partial charge on any atom is 0.261 e. The zero-order valence-electron chi connectivity index (χ0n) is 20.1. The highest BCUT2D eigenvalue weighted by Gasteiger charge is 2.17. The van der Waals surface area contributed by atoms with E-state index in [1.54, 1.807) is 31.4 Å². The van der Waals surface area contributed by atoms with Gasteiger partial charge < -0.3 is 14.6 Å². The number of ether oxygens (including phenoxy) is 1. The average Bonchev–Trinajstić information content (AvgIpc) is 3.34. The first-order chi connectivity index (χ1) is 17.2. The van der Waals surface area contributed by atoms with Crippen LogP contribution in [0.3, 0.4) is 0 Å². The van der Waals surface area contributed by atoms with Crippen LogP contribution < -0.4 is 14.8 Å². The molecule has 0 fully saturated rings. The average molecular weight is 507 g/mol. The van der Waals surface area contributed by atoms with Crippen LogP contribution in [0.4, 0.5) is 11.4 Å². The van der Waals surface area contributed by atoms with E-state index in [9.17, 15) is 13.2 Å². The number of amides is 1. The van der Waals surface area contributed by atoms with Crippen molar-refractivity contribution in [1.82, 2.24) is 10.1 Å². The van der Waals surface area contributed by atoms with E-state index >= 15 is 0 Å². The topological polar surface area (TPSA) is 123 Å². The Morgan fingerprint density at radius 2 is 1.78 bits per heavy atom. The first kappa shape index (κ1) is 24.9. The molecular formula is C26H26N4O5S. The van der Waals surface area contributed by atoms with Gasteiger partial charge in [0.2, 0.25) is 17.6 Å². The zero-order chi connectivity index (χ0) is 25.7. The van der Waals surface area contributed by atoms with Gasteiger partial charge in [-0.15, -0.1) is 0 Å². The van der Waals surface area contributed by atoms with E-state index in [0.29, 0.717) is 34.4 Å². The summed E-state index contributed by atoms with van der Waals surface area (Å²) in [6.45, 7) is 3.79. The van der Waals surface area contributed by atoms with Gasteiger partial charge in [-0.05, 0) is 61.9 Å². The molecule has 1 heterocycles. The van der Waals surface area contributed by atoms with Gasteiger partial charge in [0.05, 0.1) is 23.3 Å². The molecule has 0 saturated heterocycles. The molecule has 4 aromatic rings. The summed E-state index contributed by atoms with van der Waals surface area (Å²) in [5.41, 5.74) is 3.57. The molecule has 4 rings (SSSR count). The third kappa shape index (κ3) is 5.89. The molecule has 0 aliphatic rings. The maximum atomic E-state index is 12.7. The number of aryl methyl sites for hydroxylation is 3. The Hall–Kier alpha value is -4.18. The number of hydrogen-bond acceptors (Lipinski definition) is 7. The van der Waals surface area contributed by atoms with Crippen LogP contribution in [0.25, 0.3) is 11.4 Å². The Bertz CT molecular complexity index is 1480. The van der Waals surface area contributed by atoms with Crippen LogP contribution in [0.1, 0.15) is 23.4 Å². The minimum atomic E-state index is -3.77. The summed E-state index contributed by atoms with van der Waals surface area (Å²) in [5, 5.41) is 6.72. The summed E-state index contributed by atoms with van der Waals surface area (Å²) < 4.78 is 38.7. The second-order valence-electron chi connectivity index (χ2n) is 8.21. The molecule has 3 aromatic carbocycles. The van der Waals surface area contributed by atoms with E-state index in [1.807, 2.05) is 44.2 Å². The number of aromatic nitrogens is 2. The summed E-state index contributed by atoms with van der Waals surface area (Å²) >= 11 is 0. The van der Waals surface area contributed by atoms with Gasteiger partial charge in [-0.2, -0.15) is 4.98 Å². The number of sulfonamides is 1. The minimum absolute atomic E-state index is 0.0928. The minimum Gasteiger partial charge on any atom is -0.496 e. The summed E-state index contributed by atoms with van der Waals surface area (Å²) in [4.78, 5) is 16.8. The van der Waals surface area contributed by atoms with Crippen molar-refractivity contribution in [2.45, 2.75) is 31.6 Å². The Morgan fingerprint density at radius 3 is 2.50 bits per heavy atom. The third-order valence-corrected chi connectivity index (χ3v) is 6.84. The number of para-hydroxylation sites is 1. The van der Waals surface area contributed by atoms with E-state index in [1.165, 1.54) is 12.1 Å². The van der Waals surface area contributed by atoms with Gasteiger partial charge in [-0.1, -0.05) is 35.0 Å². The number of nitrogens with one attached hydrogen (secondary N) is 2. The Morgan fingerprint density at radius 1 is 1.03 bits per heavy atom. The van der Waals surface area contributed by atoms with Crippen molar-refractivity contribution in [2.24, 2.45) is 0 Å². The van der Waals surface area contributed by atoms with Crippen molar-refractivity contribution in [3.05, 3.63) is 83.7 Å². The van der Waals surface area contributed by atoms with Gasteiger partial charge >= 0.3 is 0 Å². The smallest absolute Gasteiger partial charge is 0.261 e. The van der Waals surface area contributed by atoms with Crippen LogP contribution in [0, 0.1) is 13.8 Å². The lowest BCUT2D eigenvalue weighted by atomic mass is 10.1. The van der Waals surface area contributed by atoms with Crippen LogP contribution in [0.2, 0.25) is 0 Å². The number of rotatable bonds is 9. The summed E-state index contributed by atoms with van der Waals surface area (Å²) in [5.74, 6) is 1.06. The summed E-state index contributed by atoms with van der Waals surface area (Å²) in [6.07, 6.45) is 0.363. The molecular weight excluding hydrogens is 480 g/mol. The van der Waals surface area contributed by atoms with Crippen LogP contribution in [0.5, 0.6) is 5.75 Å². The van der Waals surface area contributed by atoms with Crippen LogP contribution >= 0.6 is 0 Å². The highest BCUT2D eigenvalue weighted by Crippen LogP contribution is 2.27. The molecule has 0 radical (unpaired) electrons. The number of anilines is 2. The fraction of sp³-hybridized carbons (Fsp3) is 0.192. The van der Waals surface area contributed by atoms with Gasteiger partial charge in [0.1, 0.15) is 5.75 Å². The van der Waals surface area contributed by atoms with Gasteiger partial charge in [-0.3, -0.25) is 9.52 Å². The molecule has 1 aromatic heterocycles. The number of nitrogens with zero attached hydrogens (tertiary/aromatic N) is 2. The molecule has 186 valence electrons. The van der Waals surface area contributed by atoms with Crippen molar-refractivity contribution in [3.63, 3.8) is 0 Å². The molecule has 0 saturated carbocycles. The van der Waals surface area contributed by atoms with Crippen molar-refractivity contribution in [2.75, 3.05) is 17.1 Å². The van der Waals surface area contributed by atoms with Crippen LogP contribution in [-0.4, -0.2) is 31.6 Å². The Labute approximate surface area is 209 Å². The standard InChI is InChI=1S/C26H26N4O5S/c1-17-8-13-22(18(2)16-17)30-36(32,33)20-11-9-19(10-12-20)27-24(31)14-15-25-28-26(29-35-25)21-6-4-5-7-23(21)34-3/h4-13,16,30H,14-15H2,1-3H3,(H,27,31). The first-order valence-corrected chi connectivity index (χ1v) is 12.7. The van der Waals surface area contributed by atoms with Gasteiger partial charge in [0.25, 0.3) is 10.0 Å². The Kier molecular flexibility index (Phi) is 7.35. The lowest BCUT2D eigenvalue weighted by Gasteiger charge is -2.12. The molecule has 9 nitrogen and oxygen atoms in total.